The van der Waals surface area contributed by atoms with E-state index in [1.165, 1.54) is 0 Å². The first-order chi connectivity index (χ1) is 9.47. The SMILES string of the molecule is Cc1cc(Cl)ccc1C(Nc1cccc(Cl)c1)C(=O)O. The van der Waals surface area contributed by atoms with E-state index in [0.29, 0.717) is 21.3 Å². The second-order valence-electron chi connectivity index (χ2n) is 4.43. The van der Waals surface area contributed by atoms with Crippen molar-refractivity contribution in [1.82, 2.24) is 0 Å². The van der Waals surface area contributed by atoms with Crippen molar-refractivity contribution >= 4 is 34.9 Å². The van der Waals surface area contributed by atoms with Gasteiger partial charge in [-0.15, -0.1) is 0 Å². The van der Waals surface area contributed by atoms with Gasteiger partial charge in [-0.25, -0.2) is 4.79 Å². The Balaban J connectivity index is 2.34. The first kappa shape index (κ1) is 14.7. The van der Waals surface area contributed by atoms with Gasteiger partial charge < -0.3 is 10.4 Å². The highest BCUT2D eigenvalue weighted by Crippen LogP contribution is 2.26. The number of rotatable bonds is 4. The molecule has 0 aliphatic heterocycles. The third-order valence-electron chi connectivity index (χ3n) is 2.93. The van der Waals surface area contributed by atoms with Gasteiger partial charge >= 0.3 is 5.97 Å². The summed E-state index contributed by atoms with van der Waals surface area (Å²) in [6.07, 6.45) is 0. The molecule has 0 spiro atoms. The molecule has 2 rings (SSSR count). The van der Waals surface area contributed by atoms with Crippen molar-refractivity contribution in [1.29, 1.82) is 0 Å². The first-order valence-corrected chi connectivity index (χ1v) is 6.74. The van der Waals surface area contributed by atoms with Crippen LogP contribution in [0.25, 0.3) is 0 Å². The van der Waals surface area contributed by atoms with Crippen LogP contribution in [-0.4, -0.2) is 11.1 Å². The molecule has 2 aromatic carbocycles. The fraction of sp³-hybridized carbons (Fsp3) is 0.133. The van der Waals surface area contributed by atoms with Crippen LogP contribution >= 0.6 is 23.2 Å². The van der Waals surface area contributed by atoms with E-state index in [2.05, 4.69) is 5.32 Å². The minimum Gasteiger partial charge on any atom is -0.479 e. The molecule has 1 atom stereocenters. The molecule has 0 aliphatic carbocycles. The van der Waals surface area contributed by atoms with Gasteiger partial charge in [0.2, 0.25) is 0 Å². The molecule has 20 heavy (non-hydrogen) atoms. The molecule has 0 aromatic heterocycles. The van der Waals surface area contributed by atoms with Crippen LogP contribution in [-0.2, 0) is 4.79 Å². The number of anilines is 1. The van der Waals surface area contributed by atoms with Crippen LogP contribution in [0.4, 0.5) is 5.69 Å². The lowest BCUT2D eigenvalue weighted by Crippen LogP contribution is -2.21. The molecule has 104 valence electrons. The topological polar surface area (TPSA) is 49.3 Å². The second kappa shape index (κ2) is 6.16. The first-order valence-electron chi connectivity index (χ1n) is 5.98. The molecule has 0 heterocycles. The van der Waals surface area contributed by atoms with Gasteiger partial charge in [-0.05, 0) is 48.4 Å². The molecule has 0 fully saturated rings. The van der Waals surface area contributed by atoms with Crippen molar-refractivity contribution in [3.63, 3.8) is 0 Å². The minimum atomic E-state index is -0.963. The van der Waals surface area contributed by atoms with Crippen LogP contribution in [0.5, 0.6) is 0 Å². The number of benzene rings is 2. The van der Waals surface area contributed by atoms with Crippen molar-refractivity contribution in [3.8, 4) is 0 Å². The fourth-order valence-corrected chi connectivity index (χ4v) is 2.40. The van der Waals surface area contributed by atoms with E-state index in [4.69, 9.17) is 23.2 Å². The van der Waals surface area contributed by atoms with Gasteiger partial charge in [0.15, 0.2) is 6.04 Å². The number of halogens is 2. The van der Waals surface area contributed by atoms with E-state index in [1.807, 2.05) is 6.92 Å². The number of aryl methyl sites for hydroxylation is 1. The maximum atomic E-state index is 11.5. The molecule has 0 aliphatic rings. The highest BCUT2D eigenvalue weighted by atomic mass is 35.5. The van der Waals surface area contributed by atoms with E-state index in [9.17, 15) is 9.90 Å². The Morgan fingerprint density at radius 3 is 2.45 bits per heavy atom. The van der Waals surface area contributed by atoms with Gasteiger partial charge in [-0.1, -0.05) is 35.3 Å². The predicted octanol–water partition coefficient (Wildman–Crippen LogP) is 4.54. The van der Waals surface area contributed by atoms with E-state index >= 15 is 0 Å². The Hall–Kier alpha value is -1.71. The van der Waals surface area contributed by atoms with Gasteiger partial charge in [-0.2, -0.15) is 0 Å². The largest absolute Gasteiger partial charge is 0.479 e. The molecule has 3 nitrogen and oxygen atoms in total. The standard InChI is InChI=1S/C15H13Cl2NO2/c1-9-7-11(17)5-6-13(9)14(15(19)20)18-12-4-2-3-10(16)8-12/h2-8,14,18H,1H3,(H,19,20). The number of carboxylic acids is 1. The van der Waals surface area contributed by atoms with Gasteiger partial charge in [0.05, 0.1) is 0 Å². The molecule has 5 heteroatoms. The van der Waals surface area contributed by atoms with Crippen molar-refractivity contribution in [3.05, 3.63) is 63.6 Å². The summed E-state index contributed by atoms with van der Waals surface area (Å²) in [7, 11) is 0. The van der Waals surface area contributed by atoms with Crippen LogP contribution in [0, 0.1) is 6.92 Å². The highest BCUT2D eigenvalue weighted by molar-refractivity contribution is 6.31. The Morgan fingerprint density at radius 2 is 1.85 bits per heavy atom. The van der Waals surface area contributed by atoms with E-state index in [0.717, 1.165) is 5.56 Å². The van der Waals surface area contributed by atoms with Crippen molar-refractivity contribution < 1.29 is 9.90 Å². The molecule has 2 aromatic rings. The van der Waals surface area contributed by atoms with Crippen molar-refractivity contribution in [2.24, 2.45) is 0 Å². The normalized spacial score (nSPS) is 11.9. The number of hydrogen-bond acceptors (Lipinski definition) is 2. The molecular weight excluding hydrogens is 297 g/mol. The summed E-state index contributed by atoms with van der Waals surface area (Å²) in [5.74, 6) is -0.963. The summed E-state index contributed by atoms with van der Waals surface area (Å²) in [5, 5.41) is 13.5. The number of nitrogens with one attached hydrogen (secondary N) is 1. The number of carboxylic acid groups (broad SMARTS) is 1. The van der Waals surface area contributed by atoms with Gasteiger partial charge in [0.1, 0.15) is 0 Å². The van der Waals surface area contributed by atoms with Crippen LogP contribution in [0.15, 0.2) is 42.5 Å². The summed E-state index contributed by atoms with van der Waals surface area (Å²) >= 11 is 11.8. The van der Waals surface area contributed by atoms with Crippen molar-refractivity contribution in [2.75, 3.05) is 5.32 Å². The predicted molar refractivity (Wildman–Crippen MR) is 81.6 cm³/mol. The average Bonchev–Trinajstić information content (AvgIpc) is 2.36. The summed E-state index contributed by atoms with van der Waals surface area (Å²) in [5.41, 5.74) is 2.14. The zero-order chi connectivity index (χ0) is 14.7. The smallest absolute Gasteiger partial charge is 0.330 e. The lowest BCUT2D eigenvalue weighted by atomic mass is 10.0. The van der Waals surface area contributed by atoms with Gasteiger partial charge in [0.25, 0.3) is 0 Å². The monoisotopic (exact) mass is 309 g/mol. The van der Waals surface area contributed by atoms with E-state index < -0.39 is 12.0 Å². The maximum Gasteiger partial charge on any atom is 0.330 e. The highest BCUT2D eigenvalue weighted by Gasteiger charge is 2.21. The Labute approximate surface area is 127 Å². The van der Waals surface area contributed by atoms with Crippen LogP contribution in [0.3, 0.4) is 0 Å². The minimum absolute atomic E-state index is 0.548. The summed E-state index contributed by atoms with van der Waals surface area (Å²) in [4.78, 5) is 11.5. The van der Waals surface area contributed by atoms with Crippen LogP contribution in [0.1, 0.15) is 17.2 Å². The molecule has 1 unspecified atom stereocenters. The Bertz CT molecular complexity index is 644. The molecule has 0 bridgehead atoms. The molecular formula is C15H13Cl2NO2. The number of aliphatic carboxylic acids is 1. The maximum absolute atomic E-state index is 11.5. The third-order valence-corrected chi connectivity index (χ3v) is 3.40. The number of hydrogen-bond donors (Lipinski definition) is 2. The zero-order valence-electron chi connectivity index (χ0n) is 10.7. The van der Waals surface area contributed by atoms with Crippen LogP contribution < -0.4 is 5.32 Å². The summed E-state index contributed by atoms with van der Waals surface area (Å²) < 4.78 is 0. The van der Waals surface area contributed by atoms with Gasteiger partial charge in [-0.3, -0.25) is 0 Å². The molecule has 2 N–H and O–H groups in total. The van der Waals surface area contributed by atoms with Crippen molar-refractivity contribution in [2.45, 2.75) is 13.0 Å². The molecule has 0 amide bonds. The lowest BCUT2D eigenvalue weighted by Gasteiger charge is -2.18. The fourth-order valence-electron chi connectivity index (χ4n) is 1.98. The molecule has 0 saturated carbocycles. The van der Waals surface area contributed by atoms with E-state index in [-0.39, 0.29) is 0 Å². The summed E-state index contributed by atoms with van der Waals surface area (Å²) in [6, 6.07) is 11.2. The zero-order valence-corrected chi connectivity index (χ0v) is 12.2. The molecule has 0 radical (unpaired) electrons. The average molecular weight is 310 g/mol. The Morgan fingerprint density at radius 1 is 1.15 bits per heavy atom. The third kappa shape index (κ3) is 3.44. The quantitative estimate of drug-likeness (QED) is 0.871. The second-order valence-corrected chi connectivity index (χ2v) is 5.30. The number of carbonyl (C=O) groups is 1. The van der Waals surface area contributed by atoms with Gasteiger partial charge in [0, 0.05) is 15.7 Å². The molecule has 0 saturated heterocycles. The van der Waals surface area contributed by atoms with E-state index in [1.54, 1.807) is 42.5 Å². The Kier molecular flexibility index (Phi) is 4.53. The van der Waals surface area contributed by atoms with Crippen LogP contribution in [0.2, 0.25) is 10.0 Å². The summed E-state index contributed by atoms with van der Waals surface area (Å²) in [6.45, 7) is 1.83. The lowest BCUT2D eigenvalue weighted by molar-refractivity contribution is -0.138.